The van der Waals surface area contributed by atoms with E-state index in [2.05, 4.69) is 21.5 Å². The number of hydrogen-bond donors (Lipinski definition) is 1. The first-order valence-corrected chi connectivity index (χ1v) is 9.45. The maximum atomic E-state index is 12.6. The zero-order chi connectivity index (χ0) is 19.7. The van der Waals surface area contributed by atoms with Gasteiger partial charge in [-0.15, -0.1) is 0 Å². The van der Waals surface area contributed by atoms with Crippen LogP contribution in [-0.4, -0.2) is 44.6 Å². The van der Waals surface area contributed by atoms with Crippen molar-refractivity contribution in [2.24, 2.45) is 13.0 Å². The van der Waals surface area contributed by atoms with Crippen molar-refractivity contribution in [2.75, 3.05) is 18.4 Å². The number of benzene rings is 1. The van der Waals surface area contributed by atoms with E-state index in [1.807, 2.05) is 37.6 Å². The Labute approximate surface area is 163 Å². The van der Waals surface area contributed by atoms with Crippen LogP contribution in [0, 0.1) is 5.92 Å². The van der Waals surface area contributed by atoms with Gasteiger partial charge in [0.1, 0.15) is 5.82 Å². The largest absolute Gasteiger partial charge is 0.343 e. The van der Waals surface area contributed by atoms with Crippen LogP contribution in [0.15, 0.2) is 42.9 Å². The van der Waals surface area contributed by atoms with Crippen molar-refractivity contribution < 1.29 is 9.59 Å². The van der Waals surface area contributed by atoms with Gasteiger partial charge in [-0.05, 0) is 35.9 Å². The number of aryl methyl sites for hydroxylation is 1. The van der Waals surface area contributed by atoms with Gasteiger partial charge in [-0.25, -0.2) is 4.98 Å². The molecule has 2 amide bonds. The lowest BCUT2D eigenvalue weighted by Crippen LogP contribution is -2.40. The summed E-state index contributed by atoms with van der Waals surface area (Å²) in [5.74, 6) is 0.502. The fraction of sp³-hybridized carbons (Fsp3) is 0.333. The lowest BCUT2D eigenvalue weighted by Gasteiger charge is -2.30. The molecule has 0 atom stereocenters. The molecule has 28 heavy (non-hydrogen) atoms. The number of nitrogens with one attached hydrogen (secondary N) is 1. The molecule has 0 aliphatic carbocycles. The molecule has 3 aromatic rings. The van der Waals surface area contributed by atoms with Gasteiger partial charge in [0.05, 0.1) is 6.20 Å². The van der Waals surface area contributed by atoms with Gasteiger partial charge in [0.2, 0.25) is 11.8 Å². The van der Waals surface area contributed by atoms with Crippen molar-refractivity contribution in [3.05, 3.63) is 42.9 Å². The molecule has 1 aromatic carbocycles. The molecule has 0 saturated carbocycles. The molecule has 3 heterocycles. The van der Waals surface area contributed by atoms with E-state index in [0.717, 1.165) is 21.9 Å². The summed E-state index contributed by atoms with van der Waals surface area (Å²) in [4.78, 5) is 30.2. The van der Waals surface area contributed by atoms with Crippen molar-refractivity contribution in [1.29, 1.82) is 0 Å². The zero-order valence-electron chi connectivity index (χ0n) is 16.1. The Hall–Kier alpha value is -3.22. The van der Waals surface area contributed by atoms with Crippen LogP contribution in [0.1, 0.15) is 19.8 Å². The van der Waals surface area contributed by atoms with E-state index in [9.17, 15) is 9.59 Å². The number of rotatable bonds is 3. The third kappa shape index (κ3) is 3.74. The number of piperidine rings is 1. The quantitative estimate of drug-likeness (QED) is 0.761. The van der Waals surface area contributed by atoms with Crippen molar-refractivity contribution in [3.63, 3.8) is 0 Å². The third-order valence-corrected chi connectivity index (χ3v) is 5.32. The molecule has 4 rings (SSSR count). The van der Waals surface area contributed by atoms with Crippen LogP contribution in [0.5, 0.6) is 0 Å². The molecule has 1 N–H and O–H groups in total. The van der Waals surface area contributed by atoms with Gasteiger partial charge in [0.25, 0.3) is 0 Å². The van der Waals surface area contributed by atoms with Crippen LogP contribution in [0.2, 0.25) is 0 Å². The first-order chi connectivity index (χ1) is 13.5. The highest BCUT2D eigenvalue weighted by Crippen LogP contribution is 2.26. The predicted octanol–water partition coefficient (Wildman–Crippen LogP) is 2.83. The van der Waals surface area contributed by atoms with Crippen LogP contribution in [-0.2, 0) is 16.6 Å². The summed E-state index contributed by atoms with van der Waals surface area (Å²) >= 11 is 0. The number of aromatic nitrogens is 3. The van der Waals surface area contributed by atoms with Crippen molar-refractivity contribution in [2.45, 2.75) is 19.8 Å². The highest BCUT2D eigenvalue weighted by Gasteiger charge is 2.26. The number of hydrogen-bond acceptors (Lipinski definition) is 4. The fourth-order valence-corrected chi connectivity index (χ4v) is 3.64. The van der Waals surface area contributed by atoms with E-state index in [0.29, 0.717) is 31.7 Å². The minimum absolute atomic E-state index is 0.0292. The van der Waals surface area contributed by atoms with Gasteiger partial charge >= 0.3 is 0 Å². The van der Waals surface area contributed by atoms with Crippen molar-refractivity contribution in [1.82, 2.24) is 19.7 Å². The van der Waals surface area contributed by atoms with Crippen LogP contribution in [0.4, 0.5) is 5.82 Å². The first-order valence-electron chi connectivity index (χ1n) is 9.45. The third-order valence-electron chi connectivity index (χ3n) is 5.32. The van der Waals surface area contributed by atoms with Gasteiger partial charge in [0, 0.05) is 56.3 Å². The summed E-state index contributed by atoms with van der Waals surface area (Å²) < 4.78 is 1.77. The summed E-state index contributed by atoms with van der Waals surface area (Å²) in [5, 5.41) is 9.19. The number of fused-ring (bicyclic) bond motifs is 1. The van der Waals surface area contributed by atoms with Crippen molar-refractivity contribution in [3.8, 4) is 11.1 Å². The average molecular weight is 377 g/mol. The molecular formula is C21H23N5O2. The van der Waals surface area contributed by atoms with Crippen molar-refractivity contribution >= 4 is 28.4 Å². The molecule has 7 heteroatoms. The molecule has 1 aliphatic heterocycles. The smallest absolute Gasteiger partial charge is 0.228 e. The number of carbonyl (C=O) groups excluding carboxylic acids is 2. The Balaban J connectivity index is 1.49. The summed E-state index contributed by atoms with van der Waals surface area (Å²) in [5.41, 5.74) is 2.12. The Morgan fingerprint density at radius 2 is 1.86 bits per heavy atom. The molecule has 0 bridgehead atoms. The predicted molar refractivity (Wildman–Crippen MR) is 108 cm³/mol. The van der Waals surface area contributed by atoms with Crippen LogP contribution in [0.25, 0.3) is 21.9 Å². The number of anilines is 1. The summed E-state index contributed by atoms with van der Waals surface area (Å²) in [6.07, 6.45) is 6.95. The van der Waals surface area contributed by atoms with Crippen LogP contribution < -0.4 is 5.32 Å². The van der Waals surface area contributed by atoms with E-state index >= 15 is 0 Å². The van der Waals surface area contributed by atoms with E-state index in [1.54, 1.807) is 22.7 Å². The Bertz CT molecular complexity index is 1030. The second-order valence-electron chi connectivity index (χ2n) is 7.30. The number of pyridine rings is 1. The Morgan fingerprint density at radius 1 is 1.07 bits per heavy atom. The molecule has 2 aromatic heterocycles. The standard InChI is InChI=1S/C21H23N5O2/c1-14(27)26-7-5-15(6-8-26)21(28)24-20-10-18-9-16(3-4-17(18)11-22-20)19-12-23-25(2)13-19/h3-4,9-13,15H,5-8H2,1-2H3,(H,22,24,28). The van der Waals surface area contributed by atoms with Gasteiger partial charge in [-0.1, -0.05) is 12.1 Å². The lowest BCUT2D eigenvalue weighted by molar-refractivity contribution is -0.132. The SMILES string of the molecule is CC(=O)N1CCC(C(=O)Nc2cc3cc(-c4cnn(C)c4)ccc3cn2)CC1. The van der Waals surface area contributed by atoms with E-state index in [-0.39, 0.29) is 17.7 Å². The molecule has 7 nitrogen and oxygen atoms in total. The number of likely N-dealkylation sites (tertiary alicyclic amines) is 1. The number of amides is 2. The topological polar surface area (TPSA) is 80.1 Å². The fourth-order valence-electron chi connectivity index (χ4n) is 3.64. The normalized spacial score (nSPS) is 15.0. The molecule has 0 spiro atoms. The first kappa shape index (κ1) is 18.2. The van der Waals surface area contributed by atoms with Gasteiger partial charge in [-0.2, -0.15) is 5.10 Å². The van der Waals surface area contributed by atoms with Gasteiger partial charge in [0.15, 0.2) is 0 Å². The van der Waals surface area contributed by atoms with E-state index in [1.165, 1.54) is 0 Å². The second-order valence-corrected chi connectivity index (χ2v) is 7.30. The molecule has 144 valence electrons. The Kier molecular flexibility index (Phi) is 4.81. The number of nitrogens with zero attached hydrogens (tertiary/aromatic N) is 4. The maximum absolute atomic E-state index is 12.6. The minimum Gasteiger partial charge on any atom is -0.343 e. The molecular weight excluding hydrogens is 354 g/mol. The minimum atomic E-state index is -0.0881. The maximum Gasteiger partial charge on any atom is 0.228 e. The lowest BCUT2D eigenvalue weighted by atomic mass is 9.96. The highest BCUT2D eigenvalue weighted by atomic mass is 16.2. The molecule has 0 radical (unpaired) electrons. The average Bonchev–Trinajstić information content (AvgIpc) is 3.14. The monoisotopic (exact) mass is 377 g/mol. The Morgan fingerprint density at radius 3 is 2.54 bits per heavy atom. The molecule has 1 saturated heterocycles. The van der Waals surface area contributed by atoms with Gasteiger partial charge < -0.3 is 10.2 Å². The van der Waals surface area contributed by atoms with Crippen LogP contribution in [0.3, 0.4) is 0 Å². The van der Waals surface area contributed by atoms with E-state index < -0.39 is 0 Å². The van der Waals surface area contributed by atoms with Gasteiger partial charge in [-0.3, -0.25) is 14.3 Å². The summed E-state index contributed by atoms with van der Waals surface area (Å²) in [7, 11) is 1.89. The summed E-state index contributed by atoms with van der Waals surface area (Å²) in [6.45, 7) is 2.83. The number of carbonyl (C=O) groups is 2. The highest BCUT2D eigenvalue weighted by molar-refractivity contribution is 5.95. The van der Waals surface area contributed by atoms with E-state index in [4.69, 9.17) is 0 Å². The van der Waals surface area contributed by atoms with Crippen LogP contribution >= 0.6 is 0 Å². The summed E-state index contributed by atoms with van der Waals surface area (Å²) in [6, 6.07) is 8.04. The second kappa shape index (κ2) is 7.42. The molecule has 0 unspecified atom stereocenters. The molecule has 1 fully saturated rings. The molecule has 1 aliphatic rings. The zero-order valence-corrected chi connectivity index (χ0v) is 16.1.